The number of aromatic carboxylic acids is 1. The van der Waals surface area contributed by atoms with Crippen LogP contribution in [0.1, 0.15) is 46.5 Å². The summed E-state index contributed by atoms with van der Waals surface area (Å²) in [5.41, 5.74) is 0.393. The van der Waals surface area contributed by atoms with Gasteiger partial charge in [-0.25, -0.2) is 9.78 Å². The van der Waals surface area contributed by atoms with E-state index in [1.165, 1.54) is 31.2 Å². The van der Waals surface area contributed by atoms with Crippen LogP contribution in [0.4, 0.5) is 0 Å². The summed E-state index contributed by atoms with van der Waals surface area (Å²) >= 11 is 0. The predicted molar refractivity (Wildman–Crippen MR) is 65.5 cm³/mol. The van der Waals surface area contributed by atoms with Gasteiger partial charge in [-0.2, -0.15) is 0 Å². The molecule has 0 atom stereocenters. The van der Waals surface area contributed by atoms with E-state index in [1.807, 2.05) is 0 Å². The number of rotatable bonds is 3. The normalized spacial score (nSPS) is 15.6. The second kappa shape index (κ2) is 5.16. The number of carboxylic acid groups (broad SMARTS) is 1. The number of hydrogen-bond acceptors (Lipinski definition) is 3. The van der Waals surface area contributed by atoms with Gasteiger partial charge in [-0.3, -0.25) is 4.79 Å². The lowest BCUT2D eigenvalue weighted by molar-refractivity contribution is 0.0685. The van der Waals surface area contributed by atoms with E-state index in [2.05, 4.69) is 4.98 Å². The van der Waals surface area contributed by atoms with Gasteiger partial charge in [0, 0.05) is 19.3 Å². The largest absolute Gasteiger partial charge is 0.477 e. The van der Waals surface area contributed by atoms with Crippen molar-refractivity contribution >= 4 is 11.9 Å². The maximum Gasteiger partial charge on any atom is 0.354 e. The molecule has 0 radical (unpaired) electrons. The molecule has 1 fully saturated rings. The molecule has 1 heterocycles. The molecule has 96 valence electrons. The van der Waals surface area contributed by atoms with Gasteiger partial charge in [-0.05, 0) is 25.0 Å². The number of hydrogen-bond donors (Lipinski definition) is 1. The first-order chi connectivity index (χ1) is 8.59. The monoisotopic (exact) mass is 248 g/mol. The second-order valence-corrected chi connectivity index (χ2v) is 4.59. The van der Waals surface area contributed by atoms with Gasteiger partial charge >= 0.3 is 5.97 Å². The highest BCUT2D eigenvalue weighted by atomic mass is 16.4. The zero-order valence-corrected chi connectivity index (χ0v) is 10.3. The molecule has 0 aromatic carbocycles. The number of amides is 1. The van der Waals surface area contributed by atoms with Gasteiger partial charge in [0.1, 0.15) is 5.69 Å². The first kappa shape index (κ1) is 12.5. The van der Waals surface area contributed by atoms with Crippen molar-refractivity contribution in [2.75, 3.05) is 7.05 Å². The van der Waals surface area contributed by atoms with Gasteiger partial charge in [-0.15, -0.1) is 0 Å². The molecule has 2 rings (SSSR count). The van der Waals surface area contributed by atoms with Crippen molar-refractivity contribution in [3.63, 3.8) is 0 Å². The standard InChI is InChI=1S/C13H16N2O3/c1-15(10-4-2-3-5-10)12(16)9-6-7-11(13(17)18)14-8-9/h6-8,10H,2-5H2,1H3,(H,17,18). The zero-order chi connectivity index (χ0) is 13.1. The molecule has 1 N–H and O–H groups in total. The number of carboxylic acids is 1. The zero-order valence-electron chi connectivity index (χ0n) is 10.3. The minimum Gasteiger partial charge on any atom is -0.477 e. The Bertz CT molecular complexity index is 450. The van der Waals surface area contributed by atoms with Crippen LogP contribution in [-0.2, 0) is 0 Å². The maximum absolute atomic E-state index is 12.2. The highest BCUT2D eigenvalue weighted by molar-refractivity contribution is 5.94. The van der Waals surface area contributed by atoms with Crippen LogP contribution in [0.15, 0.2) is 18.3 Å². The van der Waals surface area contributed by atoms with E-state index < -0.39 is 5.97 Å². The third kappa shape index (κ3) is 2.50. The fourth-order valence-corrected chi connectivity index (χ4v) is 2.31. The average Bonchev–Trinajstić information content (AvgIpc) is 2.91. The third-order valence-corrected chi connectivity index (χ3v) is 3.42. The Kier molecular flexibility index (Phi) is 3.60. The Morgan fingerprint density at radius 1 is 1.33 bits per heavy atom. The minimum atomic E-state index is -1.09. The summed E-state index contributed by atoms with van der Waals surface area (Å²) in [7, 11) is 1.80. The molecule has 5 heteroatoms. The van der Waals surface area contributed by atoms with Crippen molar-refractivity contribution in [3.8, 4) is 0 Å². The third-order valence-electron chi connectivity index (χ3n) is 3.42. The van der Waals surface area contributed by atoms with E-state index in [4.69, 9.17) is 5.11 Å². The van der Waals surface area contributed by atoms with Crippen molar-refractivity contribution < 1.29 is 14.7 Å². The molecule has 5 nitrogen and oxygen atoms in total. The SMILES string of the molecule is CN(C(=O)c1ccc(C(=O)O)nc1)C1CCCC1. The van der Waals surface area contributed by atoms with E-state index in [1.54, 1.807) is 11.9 Å². The lowest BCUT2D eigenvalue weighted by atomic mass is 10.1. The first-order valence-electron chi connectivity index (χ1n) is 6.06. The van der Waals surface area contributed by atoms with Crippen molar-refractivity contribution in [2.45, 2.75) is 31.7 Å². The second-order valence-electron chi connectivity index (χ2n) is 4.59. The molecule has 1 aliphatic carbocycles. The number of carbonyl (C=O) groups is 2. The van der Waals surface area contributed by atoms with Crippen molar-refractivity contribution in [1.82, 2.24) is 9.88 Å². The van der Waals surface area contributed by atoms with Crippen molar-refractivity contribution in [3.05, 3.63) is 29.6 Å². The molecule has 18 heavy (non-hydrogen) atoms. The smallest absolute Gasteiger partial charge is 0.354 e. The van der Waals surface area contributed by atoms with Crippen LogP contribution in [0.5, 0.6) is 0 Å². The van der Waals surface area contributed by atoms with Crippen molar-refractivity contribution in [1.29, 1.82) is 0 Å². The molecule has 0 aliphatic heterocycles. The van der Waals surface area contributed by atoms with Gasteiger partial charge in [-0.1, -0.05) is 12.8 Å². The van der Waals surface area contributed by atoms with E-state index in [9.17, 15) is 9.59 Å². The summed E-state index contributed by atoms with van der Waals surface area (Å²) in [6, 6.07) is 3.18. The van der Waals surface area contributed by atoms with Gasteiger partial charge in [0.15, 0.2) is 0 Å². The molecule has 1 aliphatic rings. The van der Waals surface area contributed by atoms with Crippen LogP contribution in [0.2, 0.25) is 0 Å². The van der Waals surface area contributed by atoms with Crippen LogP contribution < -0.4 is 0 Å². The molecular weight excluding hydrogens is 232 g/mol. The van der Waals surface area contributed by atoms with Gasteiger partial charge in [0.05, 0.1) is 5.56 Å². The van der Waals surface area contributed by atoms with E-state index >= 15 is 0 Å². The number of pyridine rings is 1. The Morgan fingerprint density at radius 2 is 2.00 bits per heavy atom. The van der Waals surface area contributed by atoms with Gasteiger partial charge < -0.3 is 10.0 Å². The molecule has 0 spiro atoms. The number of carbonyl (C=O) groups excluding carboxylic acids is 1. The number of nitrogens with zero attached hydrogens (tertiary/aromatic N) is 2. The van der Waals surface area contributed by atoms with Crippen LogP contribution >= 0.6 is 0 Å². The molecular formula is C13H16N2O3. The molecule has 0 saturated heterocycles. The molecule has 1 saturated carbocycles. The van der Waals surface area contributed by atoms with Crippen molar-refractivity contribution in [2.24, 2.45) is 0 Å². The molecule has 0 bridgehead atoms. The Balaban J connectivity index is 2.10. The topological polar surface area (TPSA) is 70.5 Å². The quantitative estimate of drug-likeness (QED) is 0.885. The summed E-state index contributed by atoms with van der Waals surface area (Å²) < 4.78 is 0. The van der Waals surface area contributed by atoms with E-state index in [0.717, 1.165) is 12.8 Å². The van der Waals surface area contributed by atoms with Crippen LogP contribution in [0.25, 0.3) is 0 Å². The highest BCUT2D eigenvalue weighted by Gasteiger charge is 2.24. The summed E-state index contributed by atoms with van der Waals surface area (Å²) in [4.78, 5) is 28.3. The fourth-order valence-electron chi connectivity index (χ4n) is 2.31. The first-order valence-corrected chi connectivity index (χ1v) is 6.06. The molecule has 1 aromatic heterocycles. The van der Waals surface area contributed by atoms with Crippen LogP contribution in [0.3, 0.4) is 0 Å². The van der Waals surface area contributed by atoms with Gasteiger partial charge in [0.2, 0.25) is 0 Å². The Labute approximate surface area is 105 Å². The number of aromatic nitrogens is 1. The Morgan fingerprint density at radius 3 is 2.50 bits per heavy atom. The molecule has 1 aromatic rings. The summed E-state index contributed by atoms with van der Waals surface area (Å²) in [6.07, 6.45) is 5.75. The van der Waals surface area contributed by atoms with Gasteiger partial charge in [0.25, 0.3) is 5.91 Å². The fraction of sp³-hybridized carbons (Fsp3) is 0.462. The average molecular weight is 248 g/mol. The highest BCUT2D eigenvalue weighted by Crippen LogP contribution is 2.23. The van der Waals surface area contributed by atoms with E-state index in [-0.39, 0.29) is 11.6 Å². The lowest BCUT2D eigenvalue weighted by Crippen LogP contribution is -2.35. The van der Waals surface area contributed by atoms with Crippen LogP contribution in [0, 0.1) is 0 Å². The predicted octanol–water partition coefficient (Wildman–Crippen LogP) is 1.79. The van der Waals surface area contributed by atoms with Crippen LogP contribution in [-0.4, -0.2) is 40.0 Å². The lowest BCUT2D eigenvalue weighted by Gasteiger charge is -2.24. The summed E-state index contributed by atoms with van der Waals surface area (Å²) in [5.74, 6) is -1.18. The minimum absolute atomic E-state index is 0.0462. The van der Waals surface area contributed by atoms with E-state index in [0.29, 0.717) is 11.6 Å². The maximum atomic E-state index is 12.2. The summed E-state index contributed by atoms with van der Waals surface area (Å²) in [6.45, 7) is 0. The molecule has 1 amide bonds. The Hall–Kier alpha value is -1.91. The molecule has 0 unspecified atom stereocenters. The summed E-state index contributed by atoms with van der Waals surface area (Å²) in [5, 5.41) is 8.74.